The molecule has 0 aliphatic carbocycles. The van der Waals surface area contributed by atoms with E-state index in [2.05, 4.69) is 10.1 Å². The Morgan fingerprint density at radius 3 is 2.53 bits per heavy atom. The highest BCUT2D eigenvalue weighted by atomic mass is 31.1. The Balaban J connectivity index is 1.97. The van der Waals surface area contributed by atoms with E-state index in [9.17, 15) is 0 Å². The molecule has 0 saturated carbocycles. The van der Waals surface area contributed by atoms with Crippen LogP contribution < -0.4 is 28.0 Å². The minimum atomic E-state index is -1.08. The van der Waals surface area contributed by atoms with Gasteiger partial charge < -0.3 is 22.9 Å². The minimum Gasteiger partial charge on any atom is -0.386 e. The van der Waals surface area contributed by atoms with Crippen LogP contribution in [0.25, 0.3) is 0 Å². The molecule has 10 N–H and O–H groups in total. The molecule has 2 fully saturated rings. The summed E-state index contributed by atoms with van der Waals surface area (Å²) in [6.45, 7) is 1.74. The van der Waals surface area contributed by atoms with Crippen LogP contribution in [0.5, 0.6) is 0 Å². The second-order valence-corrected chi connectivity index (χ2v) is 5.96. The van der Waals surface area contributed by atoms with E-state index in [-0.39, 0.29) is 11.6 Å². The lowest BCUT2D eigenvalue weighted by Gasteiger charge is -2.53. The van der Waals surface area contributed by atoms with Gasteiger partial charge in [0.25, 0.3) is 0 Å². The van der Waals surface area contributed by atoms with Crippen molar-refractivity contribution < 1.29 is 0 Å². The van der Waals surface area contributed by atoms with Crippen LogP contribution in [0.3, 0.4) is 0 Å². The number of amidine groups is 2. The molecular weight excluding hydrogens is 239 g/mol. The smallest absolute Gasteiger partial charge is 0.160 e. The molecule has 0 amide bonds. The van der Waals surface area contributed by atoms with Gasteiger partial charge in [0.05, 0.1) is 5.78 Å². The Labute approximate surface area is 100 Å². The second kappa shape index (κ2) is 3.15. The van der Waals surface area contributed by atoms with E-state index in [1.54, 1.807) is 0 Å². The first-order chi connectivity index (χ1) is 7.91. The molecule has 94 valence electrons. The van der Waals surface area contributed by atoms with E-state index in [1.165, 1.54) is 0 Å². The molecule has 9 heteroatoms. The zero-order chi connectivity index (χ0) is 12.4. The van der Waals surface area contributed by atoms with Gasteiger partial charge in [0, 0.05) is 13.1 Å². The summed E-state index contributed by atoms with van der Waals surface area (Å²) in [4.78, 5) is 6.19. The molecule has 2 saturated heterocycles. The lowest BCUT2D eigenvalue weighted by atomic mass is 9.73. The highest BCUT2D eigenvalue weighted by Crippen LogP contribution is 2.49. The van der Waals surface area contributed by atoms with Gasteiger partial charge in [-0.3, -0.25) is 15.4 Å². The van der Waals surface area contributed by atoms with Crippen molar-refractivity contribution in [2.24, 2.45) is 27.9 Å². The molecule has 3 heterocycles. The molecule has 3 rings (SSSR count). The lowest BCUT2D eigenvalue weighted by molar-refractivity contribution is 0.185. The number of hydrogen-bond donors (Lipinski definition) is 6. The van der Waals surface area contributed by atoms with Crippen molar-refractivity contribution in [2.45, 2.75) is 23.0 Å². The van der Waals surface area contributed by atoms with E-state index in [4.69, 9.17) is 28.3 Å². The van der Waals surface area contributed by atoms with Gasteiger partial charge in [-0.05, 0) is 8.73 Å². The fraction of sp³-hybridized carbons (Fsp3) is 0.750. The van der Waals surface area contributed by atoms with Crippen LogP contribution in [0, 0.1) is 5.41 Å². The maximum atomic E-state index is 7.69. The number of aliphatic imine (C=N–C) groups is 1. The first-order valence-corrected chi connectivity index (χ1v) is 6.51. The summed E-state index contributed by atoms with van der Waals surface area (Å²) in [7, 11) is 0.541. The van der Waals surface area contributed by atoms with Gasteiger partial charge in [-0.15, -0.1) is 0 Å². The molecule has 5 unspecified atom stereocenters. The number of nitrogens with two attached hydrogens (primary N) is 4. The van der Waals surface area contributed by atoms with E-state index < -0.39 is 17.2 Å². The molecular formula is C8H17N8P. The SMILES string of the molecule is N=C(N)C(N1CC1)C1(N)N=C(N)C1(N)C1NP1. The Morgan fingerprint density at radius 2 is 2.18 bits per heavy atom. The Bertz CT molecular complexity index is 416. The zero-order valence-corrected chi connectivity index (χ0v) is 10.3. The van der Waals surface area contributed by atoms with Crippen molar-refractivity contribution in [1.29, 1.82) is 5.41 Å². The molecule has 0 aromatic heterocycles. The van der Waals surface area contributed by atoms with Gasteiger partial charge in [0.1, 0.15) is 23.3 Å². The molecule has 0 radical (unpaired) electrons. The monoisotopic (exact) mass is 256 g/mol. The van der Waals surface area contributed by atoms with E-state index in [0.29, 0.717) is 14.6 Å². The number of hydrogen-bond acceptors (Lipinski definition) is 7. The highest BCUT2D eigenvalue weighted by molar-refractivity contribution is 7.44. The van der Waals surface area contributed by atoms with Gasteiger partial charge in [-0.1, -0.05) is 0 Å². The molecule has 3 aliphatic heterocycles. The molecule has 8 nitrogen and oxygen atoms in total. The summed E-state index contributed by atoms with van der Waals surface area (Å²) in [6.07, 6.45) is 0. The maximum absolute atomic E-state index is 7.69. The quantitative estimate of drug-likeness (QED) is 0.134. The normalized spacial score (nSPS) is 47.2. The molecule has 3 aliphatic rings. The third kappa shape index (κ3) is 1.30. The topological polar surface area (TPSA) is 165 Å². The van der Waals surface area contributed by atoms with Crippen LogP contribution in [0.1, 0.15) is 0 Å². The Morgan fingerprint density at radius 1 is 1.59 bits per heavy atom. The van der Waals surface area contributed by atoms with Gasteiger partial charge >= 0.3 is 0 Å². The fourth-order valence-electron chi connectivity index (χ4n) is 2.50. The molecule has 0 spiro atoms. The third-order valence-electron chi connectivity index (χ3n) is 3.69. The second-order valence-electron chi connectivity index (χ2n) is 4.81. The molecule has 0 bridgehead atoms. The van der Waals surface area contributed by atoms with Gasteiger partial charge in [-0.25, -0.2) is 4.99 Å². The maximum Gasteiger partial charge on any atom is 0.160 e. The van der Waals surface area contributed by atoms with Crippen LogP contribution in [-0.2, 0) is 0 Å². The van der Waals surface area contributed by atoms with Crippen molar-refractivity contribution >= 4 is 20.4 Å². The largest absolute Gasteiger partial charge is 0.386 e. The molecule has 17 heavy (non-hydrogen) atoms. The van der Waals surface area contributed by atoms with E-state index >= 15 is 0 Å². The number of nitrogens with one attached hydrogen (secondary N) is 2. The number of rotatable bonds is 4. The van der Waals surface area contributed by atoms with Crippen LogP contribution in [-0.4, -0.2) is 52.7 Å². The fourth-order valence-corrected chi connectivity index (χ4v) is 3.42. The summed E-state index contributed by atoms with van der Waals surface area (Å²) >= 11 is 0. The predicted octanol–water partition coefficient (Wildman–Crippen LogP) is -3.15. The Hall–Kier alpha value is -0.790. The standard InChI is InChI=1S/C8H17N8P/c9-4(10)3(16-1-2-16)8(13)7(12,5(11)14-8)6-15-17-6/h3,6,15,17H,1-2,12-13H2,(H3,9,10)(H2,11,14). The van der Waals surface area contributed by atoms with Crippen LogP contribution >= 0.6 is 8.73 Å². The summed E-state index contributed by atoms with van der Waals surface area (Å²) in [6, 6.07) is -0.452. The lowest BCUT2D eigenvalue weighted by Crippen LogP contribution is -2.86. The van der Waals surface area contributed by atoms with Crippen molar-refractivity contribution in [3.05, 3.63) is 0 Å². The van der Waals surface area contributed by atoms with Crippen molar-refractivity contribution in [2.75, 3.05) is 13.1 Å². The summed E-state index contributed by atoms with van der Waals surface area (Å²) < 4.78 is 0. The third-order valence-corrected chi connectivity index (χ3v) is 4.73. The zero-order valence-electron chi connectivity index (χ0n) is 9.27. The van der Waals surface area contributed by atoms with Crippen molar-refractivity contribution in [3.8, 4) is 0 Å². The van der Waals surface area contributed by atoms with Gasteiger partial charge in [-0.2, -0.15) is 0 Å². The summed E-state index contributed by atoms with van der Waals surface area (Å²) in [5, 5.41) is 10.8. The molecule has 0 aromatic carbocycles. The number of nitrogens with zero attached hydrogens (tertiary/aromatic N) is 2. The highest BCUT2D eigenvalue weighted by Gasteiger charge is 2.69. The minimum absolute atomic E-state index is 0.0000540. The summed E-state index contributed by atoms with van der Waals surface area (Å²) in [5.74, 6) is 0.419. The van der Waals surface area contributed by atoms with Crippen LogP contribution in [0.15, 0.2) is 4.99 Å². The first kappa shape index (κ1) is 11.3. The van der Waals surface area contributed by atoms with Crippen molar-refractivity contribution in [3.63, 3.8) is 0 Å². The van der Waals surface area contributed by atoms with E-state index in [0.717, 1.165) is 13.1 Å². The molecule has 5 atom stereocenters. The Kier molecular flexibility index (Phi) is 2.10. The summed E-state index contributed by atoms with van der Waals surface area (Å²) in [5.41, 5.74) is 22.1. The van der Waals surface area contributed by atoms with Crippen molar-refractivity contribution in [1.82, 2.24) is 9.99 Å². The average molecular weight is 256 g/mol. The first-order valence-electron chi connectivity index (χ1n) is 5.44. The van der Waals surface area contributed by atoms with Crippen LogP contribution in [0.4, 0.5) is 0 Å². The van der Waals surface area contributed by atoms with Gasteiger partial charge in [0.2, 0.25) is 0 Å². The average Bonchev–Trinajstić information content (AvgIpc) is 3.09. The van der Waals surface area contributed by atoms with Crippen LogP contribution in [0.2, 0.25) is 0 Å². The molecule has 0 aromatic rings. The van der Waals surface area contributed by atoms with Gasteiger partial charge in [0.15, 0.2) is 5.66 Å². The predicted molar refractivity (Wildman–Crippen MR) is 68.0 cm³/mol. The van der Waals surface area contributed by atoms with E-state index in [1.807, 2.05) is 4.90 Å².